The van der Waals surface area contributed by atoms with E-state index in [1.165, 1.54) is 6.07 Å². The molecule has 26 heavy (non-hydrogen) atoms. The number of phenols is 1. The van der Waals surface area contributed by atoms with E-state index in [2.05, 4.69) is 0 Å². The smallest absolute Gasteiger partial charge is 0.334 e. The summed E-state index contributed by atoms with van der Waals surface area (Å²) in [5.41, 5.74) is 0.0677. The lowest BCUT2D eigenvalue weighted by Crippen LogP contribution is -2.43. The summed E-state index contributed by atoms with van der Waals surface area (Å²) in [7, 11) is 0. The van der Waals surface area contributed by atoms with Gasteiger partial charge in [-0.3, -0.25) is 4.79 Å². The van der Waals surface area contributed by atoms with Crippen molar-refractivity contribution in [3.63, 3.8) is 0 Å². The highest BCUT2D eigenvalue weighted by Gasteiger charge is 2.41. The second-order valence-electron chi connectivity index (χ2n) is 7.07. The number of allylic oxidation sites excluding steroid dienone is 1. The molecule has 1 aromatic carbocycles. The van der Waals surface area contributed by atoms with Gasteiger partial charge in [0, 0.05) is 29.7 Å². The van der Waals surface area contributed by atoms with Gasteiger partial charge >= 0.3 is 5.97 Å². The predicted octanol–water partition coefficient (Wildman–Crippen LogP) is 3.40. The van der Waals surface area contributed by atoms with Gasteiger partial charge in [0.2, 0.25) is 0 Å². The summed E-state index contributed by atoms with van der Waals surface area (Å²) in [5.74, 6) is 0.326. The number of rotatable bonds is 3. The zero-order valence-corrected chi connectivity index (χ0v) is 15.5. The molecular formula is C20H22O6. The van der Waals surface area contributed by atoms with Crippen LogP contribution < -0.4 is 10.2 Å². The van der Waals surface area contributed by atoms with Gasteiger partial charge in [0.1, 0.15) is 39.9 Å². The van der Waals surface area contributed by atoms with Crippen LogP contribution in [0.1, 0.15) is 39.0 Å². The predicted molar refractivity (Wildman–Crippen MR) is 96.6 cm³/mol. The molecule has 0 unspecified atom stereocenters. The van der Waals surface area contributed by atoms with Gasteiger partial charge in [-0.05, 0) is 34.6 Å². The molecule has 0 saturated heterocycles. The lowest BCUT2D eigenvalue weighted by molar-refractivity contribution is -0.159. The van der Waals surface area contributed by atoms with Crippen molar-refractivity contribution in [2.75, 3.05) is 0 Å². The zero-order valence-electron chi connectivity index (χ0n) is 15.5. The zero-order chi connectivity index (χ0) is 19.2. The van der Waals surface area contributed by atoms with Gasteiger partial charge in [-0.15, -0.1) is 0 Å². The van der Waals surface area contributed by atoms with E-state index in [1.807, 2.05) is 0 Å². The number of benzene rings is 1. The van der Waals surface area contributed by atoms with Crippen molar-refractivity contribution in [2.45, 2.75) is 52.7 Å². The van der Waals surface area contributed by atoms with Crippen LogP contribution in [0.3, 0.4) is 0 Å². The number of aryl methyl sites for hydroxylation is 1. The van der Waals surface area contributed by atoms with Gasteiger partial charge < -0.3 is 19.0 Å². The van der Waals surface area contributed by atoms with Crippen LogP contribution >= 0.6 is 0 Å². The quantitative estimate of drug-likeness (QED) is 0.668. The minimum atomic E-state index is -0.924. The molecular weight excluding hydrogens is 336 g/mol. The first kappa shape index (κ1) is 18.0. The van der Waals surface area contributed by atoms with Crippen molar-refractivity contribution in [2.24, 2.45) is 0 Å². The maximum Gasteiger partial charge on any atom is 0.334 e. The van der Waals surface area contributed by atoms with E-state index in [1.54, 1.807) is 46.8 Å². The van der Waals surface area contributed by atoms with Crippen molar-refractivity contribution in [1.29, 1.82) is 0 Å². The third-order valence-corrected chi connectivity index (χ3v) is 4.73. The topological polar surface area (TPSA) is 86.0 Å². The van der Waals surface area contributed by atoms with Crippen LogP contribution in [0.4, 0.5) is 0 Å². The Morgan fingerprint density at radius 1 is 1.38 bits per heavy atom. The van der Waals surface area contributed by atoms with E-state index in [4.69, 9.17) is 13.9 Å². The van der Waals surface area contributed by atoms with Gasteiger partial charge in [0.05, 0.1) is 0 Å². The van der Waals surface area contributed by atoms with Crippen LogP contribution in [0.25, 0.3) is 11.0 Å². The lowest BCUT2D eigenvalue weighted by Gasteiger charge is -2.30. The van der Waals surface area contributed by atoms with Crippen LogP contribution in [0.15, 0.2) is 33.0 Å². The van der Waals surface area contributed by atoms with E-state index in [-0.39, 0.29) is 22.1 Å². The fourth-order valence-corrected chi connectivity index (χ4v) is 3.01. The Hall–Kier alpha value is -2.76. The van der Waals surface area contributed by atoms with Gasteiger partial charge in [-0.2, -0.15) is 0 Å². The molecule has 1 N–H and O–H groups in total. The van der Waals surface area contributed by atoms with Crippen molar-refractivity contribution >= 4 is 16.9 Å². The summed E-state index contributed by atoms with van der Waals surface area (Å²) in [6.45, 7) is 8.63. The Morgan fingerprint density at radius 3 is 2.73 bits per heavy atom. The molecule has 0 bridgehead atoms. The first-order valence-electron chi connectivity index (χ1n) is 8.46. The Labute approximate surface area is 151 Å². The van der Waals surface area contributed by atoms with Crippen molar-refractivity contribution in [3.8, 4) is 11.5 Å². The molecule has 1 atom stereocenters. The number of carbonyl (C=O) groups excluding carboxylic acids is 1. The minimum absolute atomic E-state index is 0.137. The lowest BCUT2D eigenvalue weighted by atomic mass is 9.95. The van der Waals surface area contributed by atoms with E-state index in [0.717, 1.165) is 0 Å². The van der Waals surface area contributed by atoms with E-state index >= 15 is 0 Å². The summed E-state index contributed by atoms with van der Waals surface area (Å²) < 4.78 is 17.1. The van der Waals surface area contributed by atoms with Gasteiger partial charge in [0.15, 0.2) is 5.43 Å². The van der Waals surface area contributed by atoms with Crippen molar-refractivity contribution < 1.29 is 23.8 Å². The largest absolute Gasteiger partial charge is 0.507 e. The molecule has 1 aromatic heterocycles. The normalized spacial score (nSPS) is 17.1. The molecule has 0 spiro atoms. The number of carbonyl (C=O) groups is 1. The highest BCUT2D eigenvalue weighted by Crippen LogP contribution is 2.43. The molecule has 6 heteroatoms. The Morgan fingerprint density at radius 2 is 2.08 bits per heavy atom. The fourth-order valence-electron chi connectivity index (χ4n) is 3.01. The highest BCUT2D eigenvalue weighted by atomic mass is 16.6. The minimum Gasteiger partial charge on any atom is -0.507 e. The third-order valence-electron chi connectivity index (χ3n) is 4.73. The van der Waals surface area contributed by atoms with Gasteiger partial charge in [0.25, 0.3) is 0 Å². The summed E-state index contributed by atoms with van der Waals surface area (Å²) in [4.78, 5) is 24.3. The van der Waals surface area contributed by atoms with E-state index in [9.17, 15) is 14.7 Å². The standard InChI is InChI=1S/C20H22O6/c1-6-10(2)19(23)26-20(4,5)16-8-12-14(25-16)9-15-17(18(12)22)13(21)7-11(3)24-15/h6-7,9,16,22H,8H2,1-5H3/t16-/m0/s1. The van der Waals surface area contributed by atoms with Crippen LogP contribution in [0, 0.1) is 6.92 Å². The molecule has 0 saturated carbocycles. The first-order chi connectivity index (χ1) is 12.1. The monoisotopic (exact) mass is 358 g/mol. The first-order valence-corrected chi connectivity index (χ1v) is 8.46. The summed E-state index contributed by atoms with van der Waals surface area (Å²) in [6.07, 6.45) is 1.51. The summed E-state index contributed by atoms with van der Waals surface area (Å²) in [5, 5.41) is 10.7. The molecule has 0 radical (unpaired) electrons. The highest BCUT2D eigenvalue weighted by molar-refractivity contribution is 5.88. The number of esters is 1. The third kappa shape index (κ3) is 2.96. The maximum absolute atomic E-state index is 12.2. The van der Waals surface area contributed by atoms with Gasteiger partial charge in [-0.25, -0.2) is 4.79 Å². The van der Waals surface area contributed by atoms with Gasteiger partial charge in [-0.1, -0.05) is 6.08 Å². The number of hydrogen-bond acceptors (Lipinski definition) is 6. The Kier molecular flexibility index (Phi) is 4.30. The Bertz CT molecular complexity index is 980. The Balaban J connectivity index is 1.97. The van der Waals surface area contributed by atoms with Crippen LogP contribution in [0.2, 0.25) is 0 Å². The molecule has 6 nitrogen and oxygen atoms in total. The summed E-state index contributed by atoms with van der Waals surface area (Å²) in [6, 6.07) is 2.95. The summed E-state index contributed by atoms with van der Waals surface area (Å²) >= 11 is 0. The average molecular weight is 358 g/mol. The molecule has 138 valence electrons. The van der Waals surface area contributed by atoms with E-state index < -0.39 is 17.7 Å². The second kappa shape index (κ2) is 6.20. The molecule has 0 fully saturated rings. The maximum atomic E-state index is 12.2. The number of phenolic OH excluding ortho intramolecular Hbond substituents is 1. The molecule has 2 aromatic rings. The average Bonchev–Trinajstić information content (AvgIpc) is 2.98. The SMILES string of the molecule is CC=C(C)C(=O)OC(C)(C)[C@@H]1Cc2c(cc3oc(C)cc(=O)c3c2O)O1. The molecule has 0 amide bonds. The number of fused-ring (bicyclic) bond motifs is 2. The van der Waals surface area contributed by atoms with E-state index in [0.29, 0.717) is 29.1 Å². The second-order valence-corrected chi connectivity index (χ2v) is 7.07. The molecule has 0 aliphatic carbocycles. The van der Waals surface area contributed by atoms with Crippen LogP contribution in [-0.2, 0) is 16.0 Å². The molecule has 1 aliphatic rings. The number of hydrogen-bond donors (Lipinski definition) is 1. The van der Waals surface area contributed by atoms with Crippen molar-refractivity contribution in [3.05, 3.63) is 45.3 Å². The fraction of sp³-hybridized carbons (Fsp3) is 0.400. The van der Waals surface area contributed by atoms with Crippen LogP contribution in [0.5, 0.6) is 11.5 Å². The molecule has 1 aliphatic heterocycles. The number of ether oxygens (including phenoxy) is 2. The number of aromatic hydroxyl groups is 1. The van der Waals surface area contributed by atoms with Crippen LogP contribution in [-0.4, -0.2) is 22.8 Å². The molecule has 3 rings (SSSR count). The van der Waals surface area contributed by atoms with Crippen molar-refractivity contribution in [1.82, 2.24) is 0 Å². The molecule has 2 heterocycles.